The average molecular weight is 170 g/mol. The van der Waals surface area contributed by atoms with E-state index < -0.39 is 0 Å². The molecule has 1 heterocycles. The van der Waals surface area contributed by atoms with Gasteiger partial charge in [0.2, 0.25) is 0 Å². The van der Waals surface area contributed by atoms with Crippen LogP contribution in [0.25, 0.3) is 0 Å². The Kier molecular flexibility index (Phi) is 2.40. The van der Waals surface area contributed by atoms with E-state index in [4.69, 9.17) is 0 Å². The normalized spacial score (nSPS) is 19.9. The van der Waals surface area contributed by atoms with Crippen LogP contribution in [0.4, 0.5) is 5.69 Å². The molecule has 1 atom stereocenters. The van der Waals surface area contributed by atoms with Gasteiger partial charge in [0.05, 0.1) is 0 Å². The summed E-state index contributed by atoms with van der Waals surface area (Å²) in [6.07, 6.45) is 1.18. The van der Waals surface area contributed by atoms with Gasteiger partial charge in [-0.3, -0.25) is 0 Å². The summed E-state index contributed by atoms with van der Waals surface area (Å²) in [5.74, 6) is 0. The van der Waals surface area contributed by atoms with E-state index in [0.717, 1.165) is 0 Å². The first-order valence-corrected chi connectivity index (χ1v) is 3.71. The Balaban J connectivity index is 0.000000605. The molecule has 0 saturated carbocycles. The minimum Gasteiger partial charge on any atom is -0.382 e. The smallest absolute Gasteiger partial charge is 0.0375 e. The third-order valence-electron chi connectivity index (χ3n) is 1.95. The van der Waals surface area contributed by atoms with Crippen LogP contribution in [-0.4, -0.2) is 6.04 Å². The second-order valence-electron chi connectivity index (χ2n) is 2.91. The molecule has 1 aliphatic heterocycles. The van der Waals surface area contributed by atoms with E-state index >= 15 is 0 Å². The highest BCUT2D eigenvalue weighted by Crippen LogP contribution is 2.24. The number of halogens is 1. The van der Waals surface area contributed by atoms with Crippen molar-refractivity contribution in [3.8, 4) is 0 Å². The van der Waals surface area contributed by atoms with Gasteiger partial charge in [-0.15, -0.1) is 12.4 Å². The molecule has 2 rings (SSSR count). The van der Waals surface area contributed by atoms with Gasteiger partial charge in [0.15, 0.2) is 0 Å². The summed E-state index contributed by atoms with van der Waals surface area (Å²) in [5, 5.41) is 3.40. The maximum absolute atomic E-state index is 3.40. The summed E-state index contributed by atoms with van der Waals surface area (Å²) in [7, 11) is 0. The van der Waals surface area contributed by atoms with Gasteiger partial charge < -0.3 is 5.32 Å². The number of para-hydroxylation sites is 1. The van der Waals surface area contributed by atoms with Crippen LogP contribution < -0.4 is 5.32 Å². The lowest BCUT2D eigenvalue weighted by molar-refractivity contribution is 0.839. The third-order valence-corrected chi connectivity index (χ3v) is 1.95. The molecular formula is C9H12ClN. The van der Waals surface area contributed by atoms with E-state index in [1.54, 1.807) is 0 Å². The molecule has 0 saturated heterocycles. The van der Waals surface area contributed by atoms with E-state index in [2.05, 4.69) is 36.5 Å². The van der Waals surface area contributed by atoms with Gasteiger partial charge >= 0.3 is 0 Å². The first kappa shape index (κ1) is 8.41. The fourth-order valence-corrected chi connectivity index (χ4v) is 1.49. The first-order valence-electron chi connectivity index (χ1n) is 3.71. The summed E-state index contributed by atoms with van der Waals surface area (Å²) in [4.78, 5) is 0. The molecule has 1 aliphatic rings. The number of fused-ring (bicyclic) bond motifs is 1. The van der Waals surface area contributed by atoms with Crippen LogP contribution in [-0.2, 0) is 6.42 Å². The molecule has 0 aliphatic carbocycles. The Labute approximate surface area is 73.2 Å². The monoisotopic (exact) mass is 169 g/mol. The van der Waals surface area contributed by atoms with Gasteiger partial charge in [0, 0.05) is 11.7 Å². The van der Waals surface area contributed by atoms with Gasteiger partial charge in [-0.1, -0.05) is 18.2 Å². The summed E-state index contributed by atoms with van der Waals surface area (Å²) >= 11 is 0. The third kappa shape index (κ3) is 1.48. The van der Waals surface area contributed by atoms with E-state index in [1.165, 1.54) is 17.7 Å². The standard InChI is InChI=1S/C9H11N.ClH/c1-7-6-8-4-2-3-5-9(8)10-7;/h2-5,7,10H,6H2,1H3;1H/t7-;/m1./s1. The minimum atomic E-state index is 0. The van der Waals surface area contributed by atoms with E-state index in [1.807, 2.05) is 0 Å². The lowest BCUT2D eigenvalue weighted by Gasteiger charge is -2.00. The Morgan fingerprint density at radius 3 is 2.82 bits per heavy atom. The number of nitrogens with one attached hydrogen (secondary N) is 1. The number of benzene rings is 1. The van der Waals surface area contributed by atoms with Crippen molar-refractivity contribution in [2.75, 3.05) is 5.32 Å². The highest BCUT2D eigenvalue weighted by atomic mass is 35.5. The highest BCUT2D eigenvalue weighted by Gasteiger charge is 2.14. The summed E-state index contributed by atoms with van der Waals surface area (Å²) < 4.78 is 0. The second kappa shape index (κ2) is 3.14. The van der Waals surface area contributed by atoms with Gasteiger partial charge in [-0.05, 0) is 25.0 Å². The topological polar surface area (TPSA) is 12.0 Å². The molecule has 1 N–H and O–H groups in total. The first-order chi connectivity index (χ1) is 4.86. The molecule has 0 radical (unpaired) electrons. The van der Waals surface area contributed by atoms with Gasteiger partial charge in [0.1, 0.15) is 0 Å². The number of hydrogen-bond donors (Lipinski definition) is 1. The van der Waals surface area contributed by atoms with Crippen molar-refractivity contribution in [1.82, 2.24) is 0 Å². The van der Waals surface area contributed by atoms with Gasteiger partial charge in [-0.25, -0.2) is 0 Å². The summed E-state index contributed by atoms with van der Waals surface area (Å²) in [6, 6.07) is 9.12. The average Bonchev–Trinajstić information content (AvgIpc) is 2.27. The van der Waals surface area contributed by atoms with Crippen LogP contribution in [0, 0.1) is 0 Å². The zero-order chi connectivity index (χ0) is 6.97. The molecule has 1 aromatic carbocycles. The largest absolute Gasteiger partial charge is 0.382 e. The van der Waals surface area contributed by atoms with Crippen LogP contribution in [0.1, 0.15) is 12.5 Å². The van der Waals surface area contributed by atoms with Crippen LogP contribution in [0.2, 0.25) is 0 Å². The van der Waals surface area contributed by atoms with Crippen LogP contribution in [0.3, 0.4) is 0 Å². The number of rotatable bonds is 0. The molecule has 2 heteroatoms. The summed E-state index contributed by atoms with van der Waals surface area (Å²) in [5.41, 5.74) is 2.77. The SMILES string of the molecule is C[C@@H]1Cc2ccccc2N1.Cl. The Morgan fingerprint density at radius 1 is 1.36 bits per heavy atom. The molecule has 11 heavy (non-hydrogen) atoms. The Hall–Kier alpha value is -0.690. The zero-order valence-corrected chi connectivity index (χ0v) is 7.32. The molecule has 0 bridgehead atoms. The fraction of sp³-hybridized carbons (Fsp3) is 0.333. The Morgan fingerprint density at radius 2 is 2.09 bits per heavy atom. The van der Waals surface area contributed by atoms with Crippen molar-refractivity contribution in [2.24, 2.45) is 0 Å². The molecule has 1 nitrogen and oxygen atoms in total. The molecular weight excluding hydrogens is 158 g/mol. The van der Waals surface area contributed by atoms with Crippen LogP contribution in [0.15, 0.2) is 24.3 Å². The lowest BCUT2D eigenvalue weighted by atomic mass is 10.1. The quantitative estimate of drug-likeness (QED) is 0.629. The van der Waals surface area contributed by atoms with Crippen molar-refractivity contribution in [3.63, 3.8) is 0 Å². The number of anilines is 1. The van der Waals surface area contributed by atoms with E-state index in [9.17, 15) is 0 Å². The predicted octanol–water partition coefficient (Wildman–Crippen LogP) is 2.46. The number of hydrogen-bond acceptors (Lipinski definition) is 1. The molecule has 1 aromatic rings. The second-order valence-corrected chi connectivity index (χ2v) is 2.91. The van der Waals surface area contributed by atoms with Crippen LogP contribution in [0.5, 0.6) is 0 Å². The fourth-order valence-electron chi connectivity index (χ4n) is 1.49. The maximum Gasteiger partial charge on any atom is 0.0375 e. The van der Waals surface area contributed by atoms with Crippen molar-refractivity contribution in [3.05, 3.63) is 29.8 Å². The highest BCUT2D eigenvalue weighted by molar-refractivity contribution is 5.85. The zero-order valence-electron chi connectivity index (χ0n) is 6.50. The van der Waals surface area contributed by atoms with Crippen LogP contribution >= 0.6 is 12.4 Å². The molecule has 60 valence electrons. The maximum atomic E-state index is 3.40. The van der Waals surface area contributed by atoms with Gasteiger partial charge in [0.25, 0.3) is 0 Å². The van der Waals surface area contributed by atoms with Crippen molar-refractivity contribution < 1.29 is 0 Å². The van der Waals surface area contributed by atoms with Crippen molar-refractivity contribution in [2.45, 2.75) is 19.4 Å². The summed E-state index contributed by atoms with van der Waals surface area (Å²) in [6.45, 7) is 2.21. The van der Waals surface area contributed by atoms with Gasteiger partial charge in [-0.2, -0.15) is 0 Å². The Bertz CT molecular complexity index is 222. The molecule has 0 unspecified atom stereocenters. The molecule has 0 amide bonds. The van der Waals surface area contributed by atoms with Crippen molar-refractivity contribution in [1.29, 1.82) is 0 Å². The molecule has 0 aromatic heterocycles. The van der Waals surface area contributed by atoms with E-state index in [0.29, 0.717) is 6.04 Å². The predicted molar refractivity (Wildman–Crippen MR) is 50.5 cm³/mol. The molecule has 0 spiro atoms. The minimum absolute atomic E-state index is 0. The van der Waals surface area contributed by atoms with Crippen molar-refractivity contribution >= 4 is 18.1 Å². The van der Waals surface area contributed by atoms with E-state index in [-0.39, 0.29) is 12.4 Å². The molecule has 0 fully saturated rings. The lowest BCUT2D eigenvalue weighted by Crippen LogP contribution is -2.08.